The molecule has 3 heterocycles. The van der Waals surface area contributed by atoms with Crippen molar-refractivity contribution in [1.82, 2.24) is 15.0 Å². The number of hydrogen-bond acceptors (Lipinski definition) is 8. The highest BCUT2D eigenvalue weighted by molar-refractivity contribution is 7.22. The van der Waals surface area contributed by atoms with Crippen molar-refractivity contribution in [2.75, 3.05) is 20.3 Å². The van der Waals surface area contributed by atoms with Crippen LogP contribution in [0, 0.1) is 6.92 Å². The first-order valence-corrected chi connectivity index (χ1v) is 10.3. The number of methoxy groups -OCH3 is 1. The van der Waals surface area contributed by atoms with E-state index >= 15 is 0 Å². The number of halogens is 2. The lowest BCUT2D eigenvalue weighted by Crippen LogP contribution is -2.32. The minimum Gasteiger partial charge on any atom is -0.484 e. The second-order valence-electron chi connectivity index (χ2n) is 7.12. The van der Waals surface area contributed by atoms with Gasteiger partial charge in [0.05, 0.1) is 36.5 Å². The maximum Gasteiger partial charge on any atom is 0.266 e. The summed E-state index contributed by atoms with van der Waals surface area (Å²) in [6, 6.07) is 5.02. The van der Waals surface area contributed by atoms with Gasteiger partial charge < -0.3 is 19.3 Å². The highest BCUT2D eigenvalue weighted by Gasteiger charge is 2.29. The SMILES string of the molecule is COc1cnc2c(-c3nc4c(C(F)F)cc5c(c4s3)OCC(CO)O5)cc(C)cc2n1. The van der Waals surface area contributed by atoms with E-state index in [9.17, 15) is 13.9 Å². The Kier molecular flexibility index (Phi) is 4.82. The number of benzene rings is 2. The van der Waals surface area contributed by atoms with Crippen molar-refractivity contribution in [3.63, 3.8) is 0 Å². The molecular weight excluding hydrogens is 428 g/mol. The smallest absolute Gasteiger partial charge is 0.266 e. The van der Waals surface area contributed by atoms with Gasteiger partial charge in [0.1, 0.15) is 16.3 Å². The molecule has 0 saturated carbocycles. The average molecular weight is 445 g/mol. The van der Waals surface area contributed by atoms with Gasteiger partial charge in [0.15, 0.2) is 17.6 Å². The molecule has 5 rings (SSSR count). The molecule has 1 aliphatic rings. The lowest BCUT2D eigenvalue weighted by molar-refractivity contribution is 0.0464. The van der Waals surface area contributed by atoms with Gasteiger partial charge in [-0.3, -0.25) is 0 Å². The molecule has 31 heavy (non-hydrogen) atoms. The fourth-order valence-electron chi connectivity index (χ4n) is 3.55. The van der Waals surface area contributed by atoms with Crippen molar-refractivity contribution in [3.05, 3.63) is 35.5 Å². The molecule has 1 aliphatic heterocycles. The van der Waals surface area contributed by atoms with Crippen LogP contribution in [0.3, 0.4) is 0 Å². The zero-order valence-corrected chi connectivity index (χ0v) is 17.4. The predicted molar refractivity (Wildman–Crippen MR) is 111 cm³/mol. The Labute approximate surface area is 179 Å². The lowest BCUT2D eigenvalue weighted by atomic mass is 10.1. The summed E-state index contributed by atoms with van der Waals surface area (Å²) in [5.41, 5.74) is 2.74. The minimum absolute atomic E-state index is 0.124. The Bertz CT molecular complexity index is 1310. The second kappa shape index (κ2) is 7.54. The fraction of sp³-hybridized carbons (Fsp3) is 0.286. The number of fused-ring (bicyclic) bond motifs is 4. The monoisotopic (exact) mass is 445 g/mol. The van der Waals surface area contributed by atoms with Gasteiger partial charge in [0, 0.05) is 11.1 Å². The van der Waals surface area contributed by atoms with Crippen molar-refractivity contribution in [2.45, 2.75) is 19.5 Å². The third-order valence-electron chi connectivity index (χ3n) is 4.97. The Hall–Kier alpha value is -3.11. The first kappa shape index (κ1) is 19.8. The molecule has 0 bridgehead atoms. The van der Waals surface area contributed by atoms with E-state index in [0.717, 1.165) is 5.56 Å². The number of hydrogen-bond donors (Lipinski definition) is 1. The lowest BCUT2D eigenvalue weighted by Gasteiger charge is -2.26. The molecule has 0 aliphatic carbocycles. The number of ether oxygens (including phenoxy) is 3. The number of alkyl halides is 2. The van der Waals surface area contributed by atoms with E-state index in [-0.39, 0.29) is 30.0 Å². The van der Waals surface area contributed by atoms with Gasteiger partial charge in [-0.15, -0.1) is 11.3 Å². The van der Waals surface area contributed by atoms with Crippen LogP contribution in [0.5, 0.6) is 17.4 Å². The summed E-state index contributed by atoms with van der Waals surface area (Å²) < 4.78 is 44.7. The Morgan fingerprint density at radius 3 is 2.84 bits per heavy atom. The molecule has 0 fully saturated rings. The number of thiazole rings is 1. The second-order valence-corrected chi connectivity index (χ2v) is 8.12. The summed E-state index contributed by atoms with van der Waals surface area (Å²) in [6.07, 6.45) is -1.85. The Morgan fingerprint density at radius 1 is 1.26 bits per heavy atom. The number of nitrogens with zero attached hydrogens (tertiary/aromatic N) is 3. The highest BCUT2D eigenvalue weighted by atomic mass is 32.1. The van der Waals surface area contributed by atoms with Crippen LogP contribution in [-0.2, 0) is 0 Å². The molecule has 0 amide bonds. The van der Waals surface area contributed by atoms with Crippen molar-refractivity contribution in [1.29, 1.82) is 0 Å². The van der Waals surface area contributed by atoms with E-state index in [4.69, 9.17) is 14.2 Å². The molecule has 2 aromatic heterocycles. The molecule has 1 unspecified atom stereocenters. The van der Waals surface area contributed by atoms with Crippen molar-refractivity contribution in [3.8, 4) is 28.0 Å². The fourth-order valence-corrected chi connectivity index (χ4v) is 4.66. The average Bonchev–Trinajstić information content (AvgIpc) is 3.22. The first-order chi connectivity index (χ1) is 15.0. The summed E-state index contributed by atoms with van der Waals surface area (Å²) in [5.74, 6) is 0.922. The summed E-state index contributed by atoms with van der Waals surface area (Å²) in [6.45, 7) is 1.77. The normalized spacial score (nSPS) is 15.7. The van der Waals surface area contributed by atoms with Gasteiger partial charge in [-0.1, -0.05) is 0 Å². The van der Waals surface area contributed by atoms with E-state index in [0.29, 0.717) is 37.9 Å². The molecular formula is C21H17F2N3O4S. The molecule has 1 N–H and O–H groups in total. The van der Waals surface area contributed by atoms with Crippen LogP contribution in [0.2, 0.25) is 0 Å². The molecule has 4 aromatic rings. The summed E-state index contributed by atoms with van der Waals surface area (Å²) in [5, 5.41) is 9.86. The number of rotatable bonds is 4. The van der Waals surface area contributed by atoms with E-state index in [1.54, 1.807) is 0 Å². The minimum atomic E-state index is -2.75. The molecule has 0 radical (unpaired) electrons. The number of aliphatic hydroxyl groups is 1. The molecule has 2 aromatic carbocycles. The number of aromatic nitrogens is 3. The quantitative estimate of drug-likeness (QED) is 0.501. The van der Waals surface area contributed by atoms with Crippen LogP contribution in [0.15, 0.2) is 24.4 Å². The Balaban J connectivity index is 1.75. The zero-order valence-electron chi connectivity index (χ0n) is 16.6. The van der Waals surface area contributed by atoms with Crippen LogP contribution in [-0.4, -0.2) is 46.5 Å². The van der Waals surface area contributed by atoms with Crippen LogP contribution in [0.1, 0.15) is 17.6 Å². The summed E-state index contributed by atoms with van der Waals surface area (Å²) in [4.78, 5) is 13.4. The van der Waals surface area contributed by atoms with E-state index in [1.165, 1.54) is 30.7 Å². The van der Waals surface area contributed by atoms with Gasteiger partial charge in [-0.25, -0.2) is 23.7 Å². The molecule has 10 heteroatoms. The van der Waals surface area contributed by atoms with Gasteiger partial charge in [-0.05, 0) is 30.7 Å². The van der Waals surface area contributed by atoms with Gasteiger partial charge in [-0.2, -0.15) is 0 Å². The van der Waals surface area contributed by atoms with Crippen molar-refractivity contribution in [2.24, 2.45) is 0 Å². The number of aliphatic hydroxyl groups excluding tert-OH is 1. The molecule has 7 nitrogen and oxygen atoms in total. The summed E-state index contributed by atoms with van der Waals surface area (Å²) in [7, 11) is 1.51. The molecule has 1 atom stereocenters. The maximum atomic E-state index is 13.8. The molecule has 0 saturated heterocycles. The van der Waals surface area contributed by atoms with Crippen LogP contribution in [0.25, 0.3) is 31.8 Å². The van der Waals surface area contributed by atoms with Gasteiger partial charge in [0.2, 0.25) is 5.88 Å². The largest absolute Gasteiger partial charge is 0.484 e. The van der Waals surface area contributed by atoms with Crippen molar-refractivity contribution < 1.29 is 28.1 Å². The topological polar surface area (TPSA) is 86.6 Å². The van der Waals surface area contributed by atoms with Gasteiger partial charge in [0.25, 0.3) is 6.43 Å². The molecule has 160 valence electrons. The zero-order chi connectivity index (χ0) is 21.7. The van der Waals surface area contributed by atoms with E-state index in [1.807, 2.05) is 19.1 Å². The standard InChI is InChI=1S/C21H17F2N3O4S/c1-9-3-12(16-13(4-9)25-15(28-2)6-24-16)21-26-17-11(20(22)23)5-14-18(19(17)31-21)29-8-10(7-27)30-14/h3-6,10,20,27H,7-8H2,1-2H3. The van der Waals surface area contributed by atoms with Crippen molar-refractivity contribution >= 4 is 32.6 Å². The van der Waals surface area contributed by atoms with E-state index < -0.39 is 12.5 Å². The molecule has 0 spiro atoms. The van der Waals surface area contributed by atoms with Crippen LogP contribution >= 0.6 is 11.3 Å². The maximum absolute atomic E-state index is 13.8. The first-order valence-electron chi connectivity index (χ1n) is 9.46. The van der Waals surface area contributed by atoms with Crippen LogP contribution < -0.4 is 14.2 Å². The predicted octanol–water partition coefficient (Wildman–Crippen LogP) is 4.29. The van der Waals surface area contributed by atoms with E-state index in [2.05, 4.69) is 15.0 Å². The Morgan fingerprint density at radius 2 is 2.10 bits per heavy atom. The third-order valence-corrected chi connectivity index (χ3v) is 6.06. The number of aryl methyl sites for hydroxylation is 1. The third kappa shape index (κ3) is 3.31. The van der Waals surface area contributed by atoms with Crippen LogP contribution in [0.4, 0.5) is 8.78 Å². The highest BCUT2D eigenvalue weighted by Crippen LogP contribution is 2.47. The van der Waals surface area contributed by atoms with Gasteiger partial charge >= 0.3 is 0 Å². The summed E-state index contributed by atoms with van der Waals surface area (Å²) >= 11 is 1.23.